The molecule has 0 bridgehead atoms. The number of amides is 2. The van der Waals surface area contributed by atoms with Crippen LogP contribution in [0.2, 0.25) is 0 Å². The van der Waals surface area contributed by atoms with Crippen molar-refractivity contribution in [3.05, 3.63) is 82.3 Å². The number of carbonyl (C=O) groups excluding carboxylic acids is 2. The lowest BCUT2D eigenvalue weighted by atomic mass is 9.94. The number of aryl methyl sites for hydroxylation is 1. The molecule has 8 nitrogen and oxygen atoms in total. The molecular weight excluding hydrogens is 568 g/mol. The van der Waals surface area contributed by atoms with Crippen LogP contribution in [-0.2, 0) is 22.3 Å². The minimum atomic E-state index is -4.58. The average molecular weight is 605 g/mol. The molecule has 12 heteroatoms. The predicted octanol–water partition coefficient (Wildman–Crippen LogP) is 5.54. The number of hydrogen-bond donors (Lipinski definition) is 2. The first-order chi connectivity index (χ1) is 20.4. The summed E-state index contributed by atoms with van der Waals surface area (Å²) in [7, 11) is 0. The number of nitrogens with one attached hydrogen (secondary N) is 1. The van der Waals surface area contributed by atoms with E-state index in [1.54, 1.807) is 21.7 Å². The van der Waals surface area contributed by atoms with Crippen LogP contribution in [0, 0.1) is 12.7 Å². The Morgan fingerprint density at radius 2 is 1.81 bits per heavy atom. The van der Waals surface area contributed by atoms with Gasteiger partial charge in [-0.1, -0.05) is 30.7 Å². The highest BCUT2D eigenvalue weighted by Gasteiger charge is 2.40. The molecule has 0 saturated carbocycles. The van der Waals surface area contributed by atoms with Gasteiger partial charge in [0.25, 0.3) is 11.8 Å². The van der Waals surface area contributed by atoms with Crippen LogP contribution in [0.3, 0.4) is 0 Å². The zero-order chi connectivity index (χ0) is 31.3. The molecule has 1 fully saturated rings. The topological polar surface area (TPSA) is 96.7 Å². The van der Waals surface area contributed by atoms with Crippen LogP contribution in [0.15, 0.2) is 48.5 Å². The van der Waals surface area contributed by atoms with Crippen molar-refractivity contribution in [1.82, 2.24) is 15.1 Å². The zero-order valence-electron chi connectivity index (χ0n) is 24.3. The normalized spacial score (nSPS) is 19.3. The molecular formula is C31H36F4N4O4. The third-order valence-corrected chi connectivity index (χ3v) is 7.67. The van der Waals surface area contributed by atoms with Crippen LogP contribution in [0.4, 0.5) is 23.4 Å². The molecule has 0 spiro atoms. The highest BCUT2D eigenvalue weighted by Crippen LogP contribution is 2.40. The third-order valence-electron chi connectivity index (χ3n) is 7.67. The van der Waals surface area contributed by atoms with Gasteiger partial charge < -0.3 is 15.2 Å². The van der Waals surface area contributed by atoms with Gasteiger partial charge in [-0.3, -0.25) is 14.5 Å². The number of hydrogen-bond acceptors (Lipinski definition) is 5. The molecule has 1 unspecified atom stereocenters. The van der Waals surface area contributed by atoms with Crippen LogP contribution in [0.5, 0.6) is 0 Å². The van der Waals surface area contributed by atoms with E-state index >= 15 is 0 Å². The molecule has 2 N–H and O–H groups in total. The summed E-state index contributed by atoms with van der Waals surface area (Å²) in [6.45, 7) is 6.77. The lowest BCUT2D eigenvalue weighted by molar-refractivity contribution is -0.137. The standard InChI is InChI=1S/C24H29F3N4O4.C7H7F/c1-3-30-22-20(19(13-32)29-31(22)17-7-9-35-10-8-17)14(2)11-18(23(30)34)28-21(33)15-5-4-6-16(12-15)24(25,26)27;1-6-2-4-7(8)5-3-6/h4-6,12,14,17-18,32H,3,7-11,13H2,1-2H3,(H,28,33);2-5H,1H3/t14-,18?;/m0./s1. The number of anilines is 1. The van der Waals surface area contributed by atoms with Crippen molar-refractivity contribution < 1.29 is 37.0 Å². The zero-order valence-corrected chi connectivity index (χ0v) is 24.3. The highest BCUT2D eigenvalue weighted by molar-refractivity contribution is 6.03. The van der Waals surface area contributed by atoms with Crippen molar-refractivity contribution in [2.75, 3.05) is 24.7 Å². The number of aromatic nitrogens is 2. The molecule has 2 atom stereocenters. The van der Waals surface area contributed by atoms with E-state index < -0.39 is 23.7 Å². The molecule has 2 amide bonds. The summed E-state index contributed by atoms with van der Waals surface area (Å²) in [5.41, 5.74) is 1.22. The fourth-order valence-corrected chi connectivity index (χ4v) is 5.46. The molecule has 232 valence electrons. The fraction of sp³-hybridized carbons (Fsp3) is 0.452. The second-order valence-electron chi connectivity index (χ2n) is 10.7. The summed E-state index contributed by atoms with van der Waals surface area (Å²) in [6.07, 6.45) is -2.93. The average Bonchev–Trinajstić information content (AvgIpc) is 3.34. The monoisotopic (exact) mass is 604 g/mol. The Kier molecular flexibility index (Phi) is 10.2. The Labute approximate surface area is 247 Å². The number of carbonyl (C=O) groups is 2. The molecule has 3 aromatic rings. The molecule has 2 aromatic carbocycles. The Morgan fingerprint density at radius 3 is 2.40 bits per heavy atom. The summed E-state index contributed by atoms with van der Waals surface area (Å²) >= 11 is 0. The fourth-order valence-electron chi connectivity index (χ4n) is 5.46. The molecule has 0 radical (unpaired) electrons. The van der Waals surface area contributed by atoms with Crippen molar-refractivity contribution in [2.24, 2.45) is 0 Å². The summed E-state index contributed by atoms with van der Waals surface area (Å²) in [4.78, 5) is 28.0. The van der Waals surface area contributed by atoms with Crippen molar-refractivity contribution >= 4 is 17.6 Å². The third kappa shape index (κ3) is 7.42. The first kappa shape index (κ1) is 32.2. The van der Waals surface area contributed by atoms with Gasteiger partial charge in [0, 0.05) is 30.9 Å². The van der Waals surface area contributed by atoms with Crippen LogP contribution < -0.4 is 10.2 Å². The number of nitrogens with zero attached hydrogens (tertiary/aromatic N) is 3. The van der Waals surface area contributed by atoms with Crippen LogP contribution in [-0.4, -0.2) is 52.5 Å². The van der Waals surface area contributed by atoms with E-state index in [1.165, 1.54) is 24.3 Å². The van der Waals surface area contributed by atoms with Gasteiger partial charge in [0.2, 0.25) is 0 Å². The lowest BCUT2D eigenvalue weighted by Crippen LogP contribution is -2.48. The van der Waals surface area contributed by atoms with E-state index in [2.05, 4.69) is 10.4 Å². The van der Waals surface area contributed by atoms with Crippen molar-refractivity contribution in [1.29, 1.82) is 0 Å². The minimum absolute atomic E-state index is 0.00287. The van der Waals surface area contributed by atoms with Crippen LogP contribution in [0.25, 0.3) is 0 Å². The Bertz CT molecular complexity index is 1400. The number of alkyl halides is 3. The predicted molar refractivity (Wildman–Crippen MR) is 152 cm³/mol. The first-order valence-electron chi connectivity index (χ1n) is 14.3. The van der Waals surface area contributed by atoms with E-state index in [0.29, 0.717) is 31.3 Å². The lowest BCUT2D eigenvalue weighted by Gasteiger charge is -2.29. The van der Waals surface area contributed by atoms with Crippen molar-refractivity contribution in [2.45, 2.75) is 70.8 Å². The van der Waals surface area contributed by atoms with Gasteiger partial charge in [0.05, 0.1) is 23.9 Å². The first-order valence-corrected chi connectivity index (χ1v) is 14.3. The molecule has 5 rings (SSSR count). The number of fused-ring (bicyclic) bond motifs is 1. The minimum Gasteiger partial charge on any atom is -0.390 e. The Morgan fingerprint density at radius 1 is 1.14 bits per heavy atom. The smallest absolute Gasteiger partial charge is 0.390 e. The summed E-state index contributed by atoms with van der Waals surface area (Å²) in [5.74, 6) is -0.923. The van der Waals surface area contributed by atoms with Gasteiger partial charge in [-0.2, -0.15) is 18.3 Å². The molecule has 2 aliphatic rings. The molecule has 1 aromatic heterocycles. The number of ether oxygens (including phenoxy) is 1. The van der Waals surface area contributed by atoms with E-state index in [9.17, 15) is 32.3 Å². The maximum absolute atomic E-state index is 13.6. The van der Waals surface area contributed by atoms with Crippen LogP contribution >= 0.6 is 0 Å². The van der Waals surface area contributed by atoms with E-state index in [0.717, 1.165) is 36.1 Å². The quantitative estimate of drug-likeness (QED) is 0.373. The SMILES string of the molecule is CCN1C(=O)C(NC(=O)c2cccc(C(F)(F)F)c2)C[C@H](C)c2c(CO)nn(C3CCOCC3)c21.Cc1ccc(F)cc1. The van der Waals surface area contributed by atoms with Gasteiger partial charge in [-0.15, -0.1) is 0 Å². The number of aliphatic hydroxyl groups is 1. The number of likely N-dealkylation sites (N-methyl/N-ethyl adjacent to an activating group) is 1. The Balaban J connectivity index is 0.000000458. The number of aliphatic hydroxyl groups excluding tert-OH is 1. The maximum Gasteiger partial charge on any atom is 0.416 e. The van der Waals surface area contributed by atoms with Crippen molar-refractivity contribution in [3.8, 4) is 0 Å². The van der Waals surface area contributed by atoms with Gasteiger partial charge in [-0.25, -0.2) is 9.07 Å². The van der Waals surface area contributed by atoms with Gasteiger partial charge in [-0.05, 0) is 69.4 Å². The second kappa shape index (κ2) is 13.7. The largest absolute Gasteiger partial charge is 0.416 e. The van der Waals surface area contributed by atoms with Crippen LogP contribution in [0.1, 0.15) is 77.8 Å². The summed E-state index contributed by atoms with van der Waals surface area (Å²) < 4.78 is 58.7. The molecule has 2 aliphatic heterocycles. The molecule has 0 aliphatic carbocycles. The summed E-state index contributed by atoms with van der Waals surface area (Å²) in [6, 6.07) is 9.57. The van der Waals surface area contributed by atoms with E-state index in [-0.39, 0.29) is 42.3 Å². The number of halogens is 4. The molecule has 1 saturated heterocycles. The number of rotatable bonds is 5. The molecule has 3 heterocycles. The van der Waals surface area contributed by atoms with Crippen molar-refractivity contribution in [3.63, 3.8) is 0 Å². The second-order valence-corrected chi connectivity index (χ2v) is 10.7. The highest BCUT2D eigenvalue weighted by atomic mass is 19.4. The molecule has 43 heavy (non-hydrogen) atoms. The Hall–Kier alpha value is -3.77. The number of benzene rings is 2. The van der Waals surface area contributed by atoms with E-state index in [1.807, 2.05) is 20.8 Å². The van der Waals surface area contributed by atoms with Gasteiger partial charge in [0.1, 0.15) is 17.7 Å². The van der Waals surface area contributed by atoms with Gasteiger partial charge in [0.15, 0.2) is 0 Å². The van der Waals surface area contributed by atoms with E-state index in [4.69, 9.17) is 4.74 Å². The summed E-state index contributed by atoms with van der Waals surface area (Å²) in [5, 5.41) is 17.3. The maximum atomic E-state index is 13.6. The van der Waals surface area contributed by atoms with Gasteiger partial charge >= 0.3 is 6.18 Å².